The molecule has 2 aromatic heterocycles. The van der Waals surface area contributed by atoms with Crippen molar-refractivity contribution in [1.29, 1.82) is 0 Å². The van der Waals surface area contributed by atoms with Crippen LogP contribution in [0, 0.1) is 12.7 Å². The number of nitrogens with one attached hydrogen (secondary N) is 1. The molecule has 0 atom stereocenters. The third-order valence-corrected chi connectivity index (χ3v) is 4.99. The van der Waals surface area contributed by atoms with Crippen LogP contribution in [0.4, 0.5) is 4.39 Å². The first-order chi connectivity index (χ1) is 13.1. The molecule has 0 unspecified atom stereocenters. The highest BCUT2D eigenvalue weighted by Gasteiger charge is 2.27. The Morgan fingerprint density at radius 3 is 2.70 bits per heavy atom. The van der Waals surface area contributed by atoms with Gasteiger partial charge < -0.3 is 4.90 Å². The molecule has 6 nitrogen and oxygen atoms in total. The molecule has 1 fully saturated rings. The Balaban J connectivity index is 1.47. The molecule has 3 heterocycles. The van der Waals surface area contributed by atoms with Crippen molar-refractivity contribution < 1.29 is 9.18 Å². The number of carbonyl (C=O) groups is 1. The van der Waals surface area contributed by atoms with Crippen LogP contribution in [0.15, 0.2) is 42.9 Å². The van der Waals surface area contributed by atoms with Gasteiger partial charge in [0.1, 0.15) is 11.5 Å². The fourth-order valence-corrected chi connectivity index (χ4v) is 3.53. The SMILES string of the molecule is Cc1cnc(C(=O)N2CCC(c3[nH]ncc3-c3cccc(F)c3)CC2)cn1. The number of likely N-dealkylation sites (tertiary alicyclic amines) is 1. The third-order valence-electron chi connectivity index (χ3n) is 4.99. The largest absolute Gasteiger partial charge is 0.337 e. The summed E-state index contributed by atoms with van der Waals surface area (Å²) in [6, 6.07) is 6.53. The summed E-state index contributed by atoms with van der Waals surface area (Å²) >= 11 is 0. The average molecular weight is 365 g/mol. The van der Waals surface area contributed by atoms with Crippen molar-refractivity contribution >= 4 is 5.91 Å². The van der Waals surface area contributed by atoms with Crippen LogP contribution in [0.5, 0.6) is 0 Å². The van der Waals surface area contributed by atoms with E-state index in [1.165, 1.54) is 18.3 Å². The number of hydrogen-bond donors (Lipinski definition) is 1. The minimum Gasteiger partial charge on any atom is -0.337 e. The molecule has 1 amide bonds. The van der Waals surface area contributed by atoms with Crippen molar-refractivity contribution in [2.24, 2.45) is 0 Å². The van der Waals surface area contributed by atoms with E-state index in [2.05, 4.69) is 20.2 Å². The fraction of sp³-hybridized carbons (Fsp3) is 0.300. The Bertz CT molecular complexity index is 945. The van der Waals surface area contributed by atoms with Crippen molar-refractivity contribution in [1.82, 2.24) is 25.1 Å². The second-order valence-electron chi connectivity index (χ2n) is 6.82. The minimum atomic E-state index is -0.265. The van der Waals surface area contributed by atoms with Gasteiger partial charge in [0.05, 0.1) is 18.1 Å². The molecule has 1 N–H and O–H groups in total. The fourth-order valence-electron chi connectivity index (χ4n) is 3.53. The Labute approximate surface area is 156 Å². The summed E-state index contributed by atoms with van der Waals surface area (Å²) in [5.74, 6) is -0.103. The number of amides is 1. The molecule has 27 heavy (non-hydrogen) atoms. The van der Waals surface area contributed by atoms with E-state index in [0.29, 0.717) is 18.8 Å². The van der Waals surface area contributed by atoms with Gasteiger partial charge in [-0.3, -0.25) is 14.9 Å². The molecular formula is C20H20FN5O. The lowest BCUT2D eigenvalue weighted by atomic mass is 9.89. The van der Waals surface area contributed by atoms with E-state index in [1.54, 1.807) is 18.5 Å². The number of benzene rings is 1. The second-order valence-corrected chi connectivity index (χ2v) is 6.82. The predicted octanol–water partition coefficient (Wildman–Crippen LogP) is 3.33. The number of aromatic nitrogens is 4. The number of carbonyl (C=O) groups excluding carboxylic acids is 1. The molecule has 0 spiro atoms. The molecule has 1 saturated heterocycles. The van der Waals surface area contributed by atoms with Crippen LogP contribution < -0.4 is 0 Å². The molecule has 4 rings (SSSR count). The van der Waals surface area contributed by atoms with E-state index in [-0.39, 0.29) is 17.6 Å². The summed E-state index contributed by atoms with van der Waals surface area (Å²) in [4.78, 5) is 22.7. The van der Waals surface area contributed by atoms with Crippen LogP contribution in [0.3, 0.4) is 0 Å². The molecule has 138 valence electrons. The highest BCUT2D eigenvalue weighted by molar-refractivity contribution is 5.92. The maximum Gasteiger partial charge on any atom is 0.274 e. The van der Waals surface area contributed by atoms with E-state index in [1.807, 2.05) is 17.9 Å². The summed E-state index contributed by atoms with van der Waals surface area (Å²) < 4.78 is 13.6. The van der Waals surface area contributed by atoms with Gasteiger partial charge in [-0.1, -0.05) is 12.1 Å². The summed E-state index contributed by atoms with van der Waals surface area (Å²) in [5, 5.41) is 7.24. The van der Waals surface area contributed by atoms with Gasteiger partial charge in [0.15, 0.2) is 0 Å². The van der Waals surface area contributed by atoms with Crippen molar-refractivity contribution in [3.05, 3.63) is 65.8 Å². The van der Waals surface area contributed by atoms with E-state index in [4.69, 9.17) is 0 Å². The van der Waals surface area contributed by atoms with Gasteiger partial charge >= 0.3 is 0 Å². The summed E-state index contributed by atoms with van der Waals surface area (Å²) in [6.07, 6.45) is 6.51. The Kier molecular flexibility index (Phi) is 4.66. The third kappa shape index (κ3) is 3.58. The molecular weight excluding hydrogens is 345 g/mol. The van der Waals surface area contributed by atoms with E-state index in [0.717, 1.165) is 35.4 Å². The Morgan fingerprint density at radius 2 is 2.00 bits per heavy atom. The lowest BCUT2D eigenvalue weighted by Gasteiger charge is -2.31. The van der Waals surface area contributed by atoms with E-state index >= 15 is 0 Å². The molecule has 1 aromatic carbocycles. The standard InChI is InChI=1S/C20H20FN5O/c1-13-10-23-18(12-22-13)20(27)26-7-5-14(6-8-26)19-17(11-24-25-19)15-3-2-4-16(21)9-15/h2-4,9-12,14H,5-8H2,1H3,(H,24,25). The lowest BCUT2D eigenvalue weighted by Crippen LogP contribution is -2.38. The first-order valence-electron chi connectivity index (χ1n) is 8.99. The van der Waals surface area contributed by atoms with Crippen molar-refractivity contribution in [2.45, 2.75) is 25.7 Å². The smallest absolute Gasteiger partial charge is 0.274 e. The maximum absolute atomic E-state index is 13.6. The van der Waals surface area contributed by atoms with Gasteiger partial charge in [-0.25, -0.2) is 9.37 Å². The van der Waals surface area contributed by atoms with Crippen LogP contribution in [0.2, 0.25) is 0 Å². The van der Waals surface area contributed by atoms with Crippen molar-refractivity contribution in [3.8, 4) is 11.1 Å². The normalized spacial score (nSPS) is 15.1. The van der Waals surface area contributed by atoms with Gasteiger partial charge in [0, 0.05) is 36.5 Å². The Morgan fingerprint density at radius 1 is 1.19 bits per heavy atom. The highest BCUT2D eigenvalue weighted by Crippen LogP contribution is 2.34. The molecule has 0 bridgehead atoms. The van der Waals surface area contributed by atoms with Gasteiger partial charge in [0.2, 0.25) is 0 Å². The number of aromatic amines is 1. The highest BCUT2D eigenvalue weighted by atomic mass is 19.1. The van der Waals surface area contributed by atoms with Gasteiger partial charge in [-0.05, 0) is 37.5 Å². The molecule has 1 aliphatic heterocycles. The molecule has 0 radical (unpaired) electrons. The summed E-state index contributed by atoms with van der Waals surface area (Å²) in [7, 11) is 0. The van der Waals surface area contributed by atoms with Crippen LogP contribution in [0.25, 0.3) is 11.1 Å². The molecule has 0 saturated carbocycles. The number of H-pyrrole nitrogens is 1. The van der Waals surface area contributed by atoms with Crippen LogP contribution in [0.1, 0.15) is 40.6 Å². The second kappa shape index (κ2) is 7.26. The number of piperidine rings is 1. The molecule has 0 aliphatic carbocycles. The maximum atomic E-state index is 13.6. The first kappa shape index (κ1) is 17.3. The lowest BCUT2D eigenvalue weighted by molar-refractivity contribution is 0.0705. The van der Waals surface area contributed by atoms with Crippen LogP contribution in [-0.2, 0) is 0 Å². The van der Waals surface area contributed by atoms with Crippen LogP contribution in [-0.4, -0.2) is 44.1 Å². The number of halogens is 1. The van der Waals surface area contributed by atoms with Crippen molar-refractivity contribution in [2.75, 3.05) is 13.1 Å². The number of nitrogens with zero attached hydrogens (tertiary/aromatic N) is 4. The number of hydrogen-bond acceptors (Lipinski definition) is 4. The van der Waals surface area contributed by atoms with Gasteiger partial charge in [0.25, 0.3) is 5.91 Å². The number of aryl methyl sites for hydroxylation is 1. The first-order valence-corrected chi connectivity index (χ1v) is 8.99. The Hall–Kier alpha value is -3.09. The van der Waals surface area contributed by atoms with Gasteiger partial charge in [-0.2, -0.15) is 5.10 Å². The quantitative estimate of drug-likeness (QED) is 0.772. The zero-order valence-electron chi connectivity index (χ0n) is 15.0. The van der Waals surface area contributed by atoms with Gasteiger partial charge in [-0.15, -0.1) is 0 Å². The monoisotopic (exact) mass is 365 g/mol. The zero-order valence-corrected chi connectivity index (χ0v) is 15.0. The summed E-state index contributed by atoms with van der Waals surface area (Å²) in [5.41, 5.74) is 3.90. The van der Waals surface area contributed by atoms with E-state index < -0.39 is 0 Å². The van der Waals surface area contributed by atoms with E-state index in [9.17, 15) is 9.18 Å². The molecule has 1 aliphatic rings. The van der Waals surface area contributed by atoms with Crippen molar-refractivity contribution in [3.63, 3.8) is 0 Å². The molecule has 7 heteroatoms. The minimum absolute atomic E-state index is 0.0871. The number of rotatable bonds is 3. The summed E-state index contributed by atoms with van der Waals surface area (Å²) in [6.45, 7) is 3.12. The predicted molar refractivity (Wildman–Crippen MR) is 98.6 cm³/mol. The topological polar surface area (TPSA) is 74.8 Å². The van der Waals surface area contributed by atoms with Crippen LogP contribution >= 0.6 is 0 Å². The molecule has 3 aromatic rings. The average Bonchev–Trinajstić information content (AvgIpc) is 3.18. The zero-order chi connectivity index (χ0) is 18.8.